The largest absolute Gasteiger partial charge is 0.480 e. The highest BCUT2D eigenvalue weighted by molar-refractivity contribution is 7.89. The minimum atomic E-state index is -3.70. The summed E-state index contributed by atoms with van der Waals surface area (Å²) in [5, 5.41) is 19.3. The molecule has 0 aliphatic carbocycles. The highest BCUT2D eigenvalue weighted by Gasteiger charge is 2.11. The Bertz CT molecular complexity index is 599. The molecule has 0 bridgehead atoms. The number of rotatable bonds is 5. The van der Waals surface area contributed by atoms with Crippen molar-refractivity contribution in [3.05, 3.63) is 29.8 Å². The van der Waals surface area contributed by atoms with Gasteiger partial charge in [0.2, 0.25) is 10.0 Å². The smallest absolute Gasteiger partial charge is 0.325 e. The molecule has 20 heavy (non-hydrogen) atoms. The fourth-order valence-electron chi connectivity index (χ4n) is 1.29. The Morgan fingerprint density at radius 3 is 2.40 bits per heavy atom. The number of carboxylic acids is 1. The standard InChI is InChI=1S/C11H15N3O4S2/c1-7(10(15)16)14-11(19)13-6-8-2-4-9(5-3-8)20(12,17)18/h2-5,7H,6H2,1H3,(H,15,16)(H2,12,17,18)(H2,13,14,19)/t7-/m0/s1. The second-order valence-corrected chi connectivity index (χ2v) is 6.05. The van der Waals surface area contributed by atoms with Crippen molar-refractivity contribution in [2.45, 2.75) is 24.4 Å². The fraction of sp³-hybridized carbons (Fsp3) is 0.273. The molecule has 0 fully saturated rings. The Balaban J connectivity index is 2.54. The Morgan fingerprint density at radius 2 is 1.95 bits per heavy atom. The third-order valence-corrected chi connectivity index (χ3v) is 3.61. The van der Waals surface area contributed by atoms with E-state index in [4.69, 9.17) is 22.5 Å². The van der Waals surface area contributed by atoms with Gasteiger partial charge in [-0.05, 0) is 36.8 Å². The Morgan fingerprint density at radius 1 is 1.40 bits per heavy atom. The summed E-state index contributed by atoms with van der Waals surface area (Å²) in [6, 6.07) is 5.18. The quantitative estimate of drug-likeness (QED) is 0.553. The lowest BCUT2D eigenvalue weighted by Gasteiger charge is -2.13. The van der Waals surface area contributed by atoms with Crippen LogP contribution in [0.5, 0.6) is 0 Å². The Kier molecular flexibility index (Phi) is 5.43. The molecule has 110 valence electrons. The van der Waals surface area contributed by atoms with Gasteiger partial charge in [0.25, 0.3) is 0 Å². The molecule has 0 saturated carbocycles. The molecular weight excluding hydrogens is 302 g/mol. The molecular formula is C11H15N3O4S2. The average Bonchev–Trinajstić information content (AvgIpc) is 2.35. The summed E-state index contributed by atoms with van der Waals surface area (Å²) in [4.78, 5) is 10.7. The van der Waals surface area contributed by atoms with Crippen LogP contribution < -0.4 is 15.8 Å². The van der Waals surface area contributed by atoms with E-state index in [9.17, 15) is 13.2 Å². The number of nitrogens with one attached hydrogen (secondary N) is 2. The molecule has 0 spiro atoms. The zero-order valence-corrected chi connectivity index (χ0v) is 12.3. The molecule has 0 amide bonds. The van der Waals surface area contributed by atoms with Crippen molar-refractivity contribution in [3.63, 3.8) is 0 Å². The van der Waals surface area contributed by atoms with Gasteiger partial charge in [-0.2, -0.15) is 0 Å². The lowest BCUT2D eigenvalue weighted by Crippen LogP contribution is -2.43. The molecule has 0 aromatic heterocycles. The minimum Gasteiger partial charge on any atom is -0.480 e. The molecule has 1 aromatic carbocycles. The number of carboxylic acid groups (broad SMARTS) is 1. The number of hydrogen-bond donors (Lipinski definition) is 4. The molecule has 0 unspecified atom stereocenters. The molecule has 0 heterocycles. The molecule has 5 N–H and O–H groups in total. The minimum absolute atomic E-state index is 0.0291. The number of carbonyl (C=O) groups is 1. The number of hydrogen-bond acceptors (Lipinski definition) is 4. The van der Waals surface area contributed by atoms with Crippen LogP contribution in [0.15, 0.2) is 29.2 Å². The Hall–Kier alpha value is -1.71. The second-order valence-electron chi connectivity index (χ2n) is 4.08. The third kappa shape index (κ3) is 5.11. The molecule has 1 rings (SSSR count). The van der Waals surface area contributed by atoms with E-state index in [2.05, 4.69) is 10.6 Å². The van der Waals surface area contributed by atoms with Gasteiger partial charge in [0.15, 0.2) is 5.11 Å². The predicted molar refractivity (Wildman–Crippen MR) is 77.5 cm³/mol. The number of benzene rings is 1. The van der Waals surface area contributed by atoms with E-state index in [1.54, 1.807) is 12.1 Å². The van der Waals surface area contributed by atoms with Gasteiger partial charge in [-0.3, -0.25) is 4.79 Å². The van der Waals surface area contributed by atoms with Gasteiger partial charge < -0.3 is 15.7 Å². The van der Waals surface area contributed by atoms with Crippen LogP contribution in [-0.4, -0.2) is 30.6 Å². The maximum Gasteiger partial charge on any atom is 0.325 e. The van der Waals surface area contributed by atoms with Gasteiger partial charge in [-0.15, -0.1) is 0 Å². The first-order valence-electron chi connectivity index (χ1n) is 5.59. The summed E-state index contributed by atoms with van der Waals surface area (Å²) in [7, 11) is -3.70. The Labute approximate surface area is 122 Å². The van der Waals surface area contributed by atoms with Crippen molar-refractivity contribution in [2.24, 2.45) is 5.14 Å². The molecule has 0 aliphatic rings. The highest BCUT2D eigenvalue weighted by Crippen LogP contribution is 2.08. The van der Waals surface area contributed by atoms with E-state index < -0.39 is 22.0 Å². The molecule has 9 heteroatoms. The van der Waals surface area contributed by atoms with Gasteiger partial charge >= 0.3 is 5.97 Å². The summed E-state index contributed by atoms with van der Waals surface area (Å²) in [5.74, 6) is -1.01. The topological polar surface area (TPSA) is 122 Å². The number of thiocarbonyl (C=S) groups is 1. The zero-order valence-electron chi connectivity index (χ0n) is 10.7. The van der Waals surface area contributed by atoms with Crippen LogP contribution in [0.25, 0.3) is 0 Å². The van der Waals surface area contributed by atoms with Crippen molar-refractivity contribution in [2.75, 3.05) is 0 Å². The predicted octanol–water partition coefficient (Wildman–Crippen LogP) is -0.229. The molecule has 0 saturated heterocycles. The van der Waals surface area contributed by atoms with Crippen LogP contribution >= 0.6 is 12.2 Å². The lowest BCUT2D eigenvalue weighted by molar-refractivity contribution is -0.138. The maximum atomic E-state index is 11.1. The summed E-state index contributed by atoms with van der Waals surface area (Å²) < 4.78 is 22.1. The third-order valence-electron chi connectivity index (χ3n) is 2.42. The second kappa shape index (κ2) is 6.64. The van der Waals surface area contributed by atoms with Gasteiger partial charge in [-0.1, -0.05) is 12.1 Å². The number of aliphatic carboxylic acids is 1. The fourth-order valence-corrected chi connectivity index (χ4v) is 2.05. The zero-order chi connectivity index (χ0) is 15.3. The highest BCUT2D eigenvalue weighted by atomic mass is 32.2. The van der Waals surface area contributed by atoms with Crippen LogP contribution in [0.2, 0.25) is 0 Å². The molecule has 0 aliphatic heterocycles. The molecule has 7 nitrogen and oxygen atoms in total. The summed E-state index contributed by atoms with van der Waals surface area (Å²) in [5.41, 5.74) is 0.782. The van der Waals surface area contributed by atoms with Crippen LogP contribution in [-0.2, 0) is 21.4 Å². The lowest BCUT2D eigenvalue weighted by atomic mass is 10.2. The van der Waals surface area contributed by atoms with E-state index in [-0.39, 0.29) is 10.0 Å². The first kappa shape index (κ1) is 16.3. The van der Waals surface area contributed by atoms with Crippen molar-refractivity contribution in [1.82, 2.24) is 10.6 Å². The molecule has 0 radical (unpaired) electrons. The molecule has 1 aromatic rings. The van der Waals surface area contributed by atoms with Crippen molar-refractivity contribution < 1.29 is 18.3 Å². The first-order chi connectivity index (χ1) is 9.20. The van der Waals surface area contributed by atoms with E-state index in [1.165, 1.54) is 19.1 Å². The van der Waals surface area contributed by atoms with E-state index >= 15 is 0 Å². The van der Waals surface area contributed by atoms with E-state index in [0.29, 0.717) is 6.54 Å². The average molecular weight is 317 g/mol. The van der Waals surface area contributed by atoms with Crippen LogP contribution in [0.3, 0.4) is 0 Å². The van der Waals surface area contributed by atoms with Crippen LogP contribution in [0.1, 0.15) is 12.5 Å². The van der Waals surface area contributed by atoms with Gasteiger partial charge in [0.05, 0.1) is 4.90 Å². The van der Waals surface area contributed by atoms with E-state index in [0.717, 1.165) is 5.56 Å². The van der Waals surface area contributed by atoms with Gasteiger partial charge in [0.1, 0.15) is 6.04 Å². The van der Waals surface area contributed by atoms with Gasteiger partial charge in [0, 0.05) is 6.54 Å². The monoisotopic (exact) mass is 317 g/mol. The first-order valence-corrected chi connectivity index (χ1v) is 7.54. The van der Waals surface area contributed by atoms with Gasteiger partial charge in [-0.25, -0.2) is 13.6 Å². The van der Waals surface area contributed by atoms with Crippen molar-refractivity contribution in [3.8, 4) is 0 Å². The van der Waals surface area contributed by atoms with Crippen molar-refractivity contribution in [1.29, 1.82) is 0 Å². The van der Waals surface area contributed by atoms with Crippen LogP contribution in [0.4, 0.5) is 0 Å². The SMILES string of the molecule is C[C@H](NC(=S)NCc1ccc(S(N)(=O)=O)cc1)C(=O)O. The normalized spacial score (nSPS) is 12.5. The summed E-state index contributed by atoms with van der Waals surface area (Å²) >= 11 is 4.93. The summed E-state index contributed by atoms with van der Waals surface area (Å²) in [6.07, 6.45) is 0. The summed E-state index contributed by atoms with van der Waals surface area (Å²) in [6.45, 7) is 1.81. The van der Waals surface area contributed by atoms with Crippen LogP contribution in [0, 0.1) is 0 Å². The number of nitrogens with two attached hydrogens (primary N) is 1. The number of sulfonamides is 1. The molecule has 1 atom stereocenters. The van der Waals surface area contributed by atoms with E-state index in [1.807, 2.05) is 0 Å². The number of primary sulfonamides is 1. The maximum absolute atomic E-state index is 11.1. The van der Waals surface area contributed by atoms with Crippen molar-refractivity contribution >= 4 is 33.3 Å².